The van der Waals surface area contributed by atoms with E-state index in [4.69, 9.17) is 11.6 Å². The van der Waals surface area contributed by atoms with Gasteiger partial charge in [0.1, 0.15) is 11.6 Å². The first kappa shape index (κ1) is 11.4. The maximum absolute atomic E-state index is 13.4. The Hall–Kier alpha value is -1.09. The Morgan fingerprint density at radius 2 is 2.19 bits per heavy atom. The first-order chi connectivity index (χ1) is 7.67. The Bertz CT molecular complexity index is 519. The third-order valence-electron chi connectivity index (χ3n) is 2.67. The molecule has 0 atom stereocenters. The van der Waals surface area contributed by atoms with Crippen molar-refractivity contribution in [2.75, 3.05) is 0 Å². The summed E-state index contributed by atoms with van der Waals surface area (Å²) < 4.78 is 15.5. The molecule has 0 aliphatic rings. The summed E-state index contributed by atoms with van der Waals surface area (Å²) in [7, 11) is 0. The third-order valence-corrected chi connectivity index (χ3v) is 2.91. The number of imidazole rings is 1. The van der Waals surface area contributed by atoms with Crippen molar-refractivity contribution in [1.29, 1.82) is 0 Å². The van der Waals surface area contributed by atoms with Gasteiger partial charge in [0.25, 0.3) is 0 Å². The van der Waals surface area contributed by atoms with E-state index in [1.54, 1.807) is 6.92 Å². The molecule has 0 saturated carbocycles. The van der Waals surface area contributed by atoms with E-state index in [0.29, 0.717) is 17.0 Å². The van der Waals surface area contributed by atoms with Crippen LogP contribution in [0.25, 0.3) is 11.0 Å². The lowest BCUT2D eigenvalue weighted by Crippen LogP contribution is -2.01. The standard InChI is InChI=1S/C12H14ClFN2/c1-3-4-16-11-5-8(2)9(14)6-10(11)15-12(16)7-13/h5-6H,3-4,7H2,1-2H3. The van der Waals surface area contributed by atoms with Crippen molar-refractivity contribution in [3.63, 3.8) is 0 Å². The molecule has 0 bridgehead atoms. The Morgan fingerprint density at radius 3 is 2.81 bits per heavy atom. The Balaban J connectivity index is 2.69. The molecule has 2 aromatic rings. The van der Waals surface area contributed by atoms with Crippen LogP contribution in [-0.4, -0.2) is 9.55 Å². The minimum Gasteiger partial charge on any atom is -0.327 e. The molecule has 1 aromatic heterocycles. The average molecular weight is 241 g/mol. The molecule has 0 aliphatic heterocycles. The minimum atomic E-state index is -0.213. The molecule has 0 spiro atoms. The number of benzene rings is 1. The van der Waals surface area contributed by atoms with Crippen LogP contribution in [-0.2, 0) is 12.4 Å². The highest BCUT2D eigenvalue weighted by atomic mass is 35.5. The summed E-state index contributed by atoms with van der Waals surface area (Å²) in [6.07, 6.45) is 1.01. The highest BCUT2D eigenvalue weighted by Crippen LogP contribution is 2.21. The van der Waals surface area contributed by atoms with Gasteiger partial charge in [0.05, 0.1) is 16.9 Å². The van der Waals surface area contributed by atoms with E-state index in [9.17, 15) is 4.39 Å². The van der Waals surface area contributed by atoms with E-state index in [-0.39, 0.29) is 5.82 Å². The molecule has 0 unspecified atom stereocenters. The molecule has 0 fully saturated rings. The molecule has 1 aromatic carbocycles. The second kappa shape index (κ2) is 4.42. The van der Waals surface area contributed by atoms with Crippen molar-refractivity contribution >= 4 is 22.6 Å². The second-order valence-corrected chi connectivity index (χ2v) is 4.17. The Kier molecular flexibility index (Phi) is 3.15. The zero-order chi connectivity index (χ0) is 11.7. The largest absolute Gasteiger partial charge is 0.327 e. The molecule has 0 N–H and O–H groups in total. The van der Waals surface area contributed by atoms with E-state index >= 15 is 0 Å². The molecule has 4 heteroatoms. The van der Waals surface area contributed by atoms with Gasteiger partial charge in [0.2, 0.25) is 0 Å². The van der Waals surface area contributed by atoms with Crippen LogP contribution in [0.15, 0.2) is 12.1 Å². The Labute approximate surface area is 99.0 Å². The number of rotatable bonds is 3. The van der Waals surface area contributed by atoms with Gasteiger partial charge in [0.15, 0.2) is 0 Å². The summed E-state index contributed by atoms with van der Waals surface area (Å²) in [5, 5.41) is 0. The molecule has 0 amide bonds. The zero-order valence-electron chi connectivity index (χ0n) is 9.43. The van der Waals surface area contributed by atoms with Gasteiger partial charge in [-0.3, -0.25) is 0 Å². The quantitative estimate of drug-likeness (QED) is 0.749. The maximum Gasteiger partial charge on any atom is 0.128 e. The number of halogens is 2. The highest BCUT2D eigenvalue weighted by molar-refractivity contribution is 6.16. The fraction of sp³-hybridized carbons (Fsp3) is 0.417. The van der Waals surface area contributed by atoms with Crippen molar-refractivity contribution in [3.8, 4) is 0 Å². The molecule has 86 valence electrons. The van der Waals surface area contributed by atoms with E-state index < -0.39 is 0 Å². The summed E-state index contributed by atoms with van der Waals surface area (Å²) in [5.74, 6) is 0.952. The number of alkyl halides is 1. The van der Waals surface area contributed by atoms with Crippen LogP contribution in [0.5, 0.6) is 0 Å². The first-order valence-electron chi connectivity index (χ1n) is 5.38. The van der Waals surface area contributed by atoms with Gasteiger partial charge in [-0.05, 0) is 25.0 Å². The molecule has 0 radical (unpaired) electrons. The van der Waals surface area contributed by atoms with Gasteiger partial charge in [-0.15, -0.1) is 11.6 Å². The predicted molar refractivity (Wildman–Crippen MR) is 64.3 cm³/mol. The van der Waals surface area contributed by atoms with E-state index in [1.165, 1.54) is 6.07 Å². The van der Waals surface area contributed by atoms with Crippen LogP contribution < -0.4 is 0 Å². The summed E-state index contributed by atoms with van der Waals surface area (Å²) >= 11 is 5.84. The maximum atomic E-state index is 13.4. The average Bonchev–Trinajstić information content (AvgIpc) is 2.58. The first-order valence-corrected chi connectivity index (χ1v) is 5.92. The van der Waals surface area contributed by atoms with Crippen molar-refractivity contribution < 1.29 is 4.39 Å². The van der Waals surface area contributed by atoms with Gasteiger partial charge in [-0.25, -0.2) is 9.37 Å². The summed E-state index contributed by atoms with van der Waals surface area (Å²) in [6.45, 7) is 4.72. The predicted octanol–water partition coefficient (Wildman–Crippen LogP) is 3.63. The van der Waals surface area contributed by atoms with Crippen molar-refractivity contribution in [3.05, 3.63) is 29.3 Å². The van der Waals surface area contributed by atoms with E-state index in [2.05, 4.69) is 16.5 Å². The van der Waals surface area contributed by atoms with Crippen LogP contribution in [0.2, 0.25) is 0 Å². The number of fused-ring (bicyclic) bond motifs is 1. The number of hydrogen-bond acceptors (Lipinski definition) is 1. The SMILES string of the molecule is CCCn1c(CCl)nc2cc(F)c(C)cc21. The van der Waals surface area contributed by atoms with Gasteiger partial charge < -0.3 is 4.57 Å². The van der Waals surface area contributed by atoms with Crippen LogP contribution in [0.1, 0.15) is 24.7 Å². The fourth-order valence-corrected chi connectivity index (χ4v) is 2.08. The van der Waals surface area contributed by atoms with Gasteiger partial charge in [-0.2, -0.15) is 0 Å². The minimum absolute atomic E-state index is 0.213. The molecule has 1 heterocycles. The third kappa shape index (κ3) is 1.80. The molecule has 2 nitrogen and oxygen atoms in total. The summed E-state index contributed by atoms with van der Waals surface area (Å²) in [6, 6.07) is 3.32. The summed E-state index contributed by atoms with van der Waals surface area (Å²) in [5.41, 5.74) is 2.30. The number of hydrogen-bond donors (Lipinski definition) is 0. The lowest BCUT2D eigenvalue weighted by Gasteiger charge is -2.05. The van der Waals surface area contributed by atoms with Crippen molar-refractivity contribution in [2.45, 2.75) is 32.7 Å². The van der Waals surface area contributed by atoms with Crippen molar-refractivity contribution in [2.24, 2.45) is 0 Å². The van der Waals surface area contributed by atoms with Gasteiger partial charge >= 0.3 is 0 Å². The lowest BCUT2D eigenvalue weighted by molar-refractivity contribution is 0.619. The normalized spacial score (nSPS) is 11.2. The molecule has 2 rings (SSSR count). The number of nitrogens with zero attached hydrogens (tertiary/aromatic N) is 2. The zero-order valence-corrected chi connectivity index (χ0v) is 10.2. The topological polar surface area (TPSA) is 17.8 Å². The molecule has 0 aliphatic carbocycles. The van der Waals surface area contributed by atoms with E-state index in [1.807, 2.05) is 6.07 Å². The fourth-order valence-electron chi connectivity index (χ4n) is 1.88. The highest BCUT2D eigenvalue weighted by Gasteiger charge is 2.11. The Morgan fingerprint density at radius 1 is 1.44 bits per heavy atom. The van der Waals surface area contributed by atoms with Crippen molar-refractivity contribution in [1.82, 2.24) is 9.55 Å². The van der Waals surface area contributed by atoms with Crippen LogP contribution in [0, 0.1) is 12.7 Å². The summed E-state index contributed by atoms with van der Waals surface area (Å²) in [4.78, 5) is 4.34. The molecular formula is C12H14ClFN2. The van der Waals surface area contributed by atoms with Gasteiger partial charge in [-0.1, -0.05) is 6.92 Å². The number of aromatic nitrogens is 2. The van der Waals surface area contributed by atoms with Crippen LogP contribution in [0.4, 0.5) is 4.39 Å². The lowest BCUT2D eigenvalue weighted by atomic mass is 10.2. The smallest absolute Gasteiger partial charge is 0.128 e. The number of aryl methyl sites for hydroxylation is 2. The second-order valence-electron chi connectivity index (χ2n) is 3.90. The monoisotopic (exact) mass is 240 g/mol. The molecule has 16 heavy (non-hydrogen) atoms. The van der Waals surface area contributed by atoms with E-state index in [0.717, 1.165) is 24.3 Å². The van der Waals surface area contributed by atoms with Crippen LogP contribution in [0.3, 0.4) is 0 Å². The van der Waals surface area contributed by atoms with Gasteiger partial charge in [0, 0.05) is 12.6 Å². The molecule has 0 saturated heterocycles. The van der Waals surface area contributed by atoms with Crippen LogP contribution >= 0.6 is 11.6 Å². The molecular weight excluding hydrogens is 227 g/mol.